The number of carbonyl (C=O) groups excluding carboxylic acids is 2. The number of hydrogen-bond donors (Lipinski definition) is 0. The van der Waals surface area contributed by atoms with E-state index in [-0.39, 0.29) is 0 Å². The molecule has 122 valence electrons. The highest BCUT2D eigenvalue weighted by Crippen LogP contribution is 2.33. The molecule has 0 bridgehead atoms. The number of carbonyl (C=O) groups is 2. The van der Waals surface area contributed by atoms with Crippen LogP contribution in [0.4, 0.5) is 4.79 Å². The monoisotopic (exact) mass is 301 g/mol. The average molecular weight is 301 g/mol. The lowest BCUT2D eigenvalue weighted by Gasteiger charge is -2.36. The van der Waals surface area contributed by atoms with Gasteiger partial charge in [0.1, 0.15) is 5.60 Å². The standard InChI is InChI=1S/C15H27NO5/c1-6-11-19-12(17)15(20-7-2)9-8-10-16(15)13(18)21-14(3,4)5/h6-11H2,1-5H3/t15-/m1/s1. The highest BCUT2D eigenvalue weighted by atomic mass is 16.6. The van der Waals surface area contributed by atoms with Gasteiger partial charge in [0.05, 0.1) is 6.61 Å². The summed E-state index contributed by atoms with van der Waals surface area (Å²) >= 11 is 0. The highest BCUT2D eigenvalue weighted by molar-refractivity contribution is 5.85. The van der Waals surface area contributed by atoms with Crippen LogP contribution < -0.4 is 0 Å². The number of esters is 1. The molecule has 1 rings (SSSR count). The quantitative estimate of drug-likeness (QED) is 0.730. The lowest BCUT2D eigenvalue weighted by Crippen LogP contribution is -2.56. The van der Waals surface area contributed by atoms with Crippen LogP contribution in [0.1, 0.15) is 53.9 Å². The average Bonchev–Trinajstić information content (AvgIpc) is 2.79. The van der Waals surface area contributed by atoms with Crippen molar-refractivity contribution >= 4 is 12.1 Å². The van der Waals surface area contributed by atoms with Gasteiger partial charge in [-0.1, -0.05) is 6.92 Å². The molecule has 0 unspecified atom stereocenters. The summed E-state index contributed by atoms with van der Waals surface area (Å²) in [6.07, 6.45) is 1.30. The summed E-state index contributed by atoms with van der Waals surface area (Å²) in [4.78, 5) is 26.1. The van der Waals surface area contributed by atoms with E-state index < -0.39 is 23.4 Å². The fourth-order valence-electron chi connectivity index (χ4n) is 2.32. The number of nitrogens with zero attached hydrogens (tertiary/aromatic N) is 1. The second-order valence-corrected chi connectivity index (χ2v) is 6.09. The topological polar surface area (TPSA) is 65.1 Å². The highest BCUT2D eigenvalue weighted by Gasteiger charge is 2.53. The normalized spacial score (nSPS) is 22.2. The number of hydrogen-bond acceptors (Lipinski definition) is 5. The van der Waals surface area contributed by atoms with Gasteiger partial charge in [-0.05, 0) is 40.5 Å². The van der Waals surface area contributed by atoms with Crippen LogP contribution in [-0.2, 0) is 19.0 Å². The van der Waals surface area contributed by atoms with Gasteiger partial charge in [-0.25, -0.2) is 9.59 Å². The van der Waals surface area contributed by atoms with Crippen LogP contribution in [0.3, 0.4) is 0 Å². The minimum Gasteiger partial charge on any atom is -0.462 e. The van der Waals surface area contributed by atoms with Gasteiger partial charge >= 0.3 is 12.1 Å². The Morgan fingerprint density at radius 3 is 2.43 bits per heavy atom. The molecule has 1 heterocycles. The van der Waals surface area contributed by atoms with E-state index >= 15 is 0 Å². The molecule has 0 N–H and O–H groups in total. The van der Waals surface area contributed by atoms with Gasteiger partial charge in [0.2, 0.25) is 5.72 Å². The molecule has 1 fully saturated rings. The van der Waals surface area contributed by atoms with Crippen molar-refractivity contribution in [3.63, 3.8) is 0 Å². The third-order valence-corrected chi connectivity index (χ3v) is 3.09. The number of amides is 1. The molecule has 0 saturated carbocycles. The Hall–Kier alpha value is -1.30. The van der Waals surface area contributed by atoms with Gasteiger partial charge < -0.3 is 14.2 Å². The summed E-state index contributed by atoms with van der Waals surface area (Å²) < 4.78 is 16.3. The van der Waals surface area contributed by atoms with Crippen molar-refractivity contribution in [1.29, 1.82) is 0 Å². The minimum absolute atomic E-state index is 0.315. The number of rotatable bonds is 5. The second kappa shape index (κ2) is 7.11. The lowest BCUT2D eigenvalue weighted by molar-refractivity contribution is -0.192. The number of likely N-dealkylation sites (tertiary alicyclic amines) is 1. The molecule has 1 amide bonds. The molecule has 21 heavy (non-hydrogen) atoms. The van der Waals surface area contributed by atoms with Gasteiger partial charge in [-0.3, -0.25) is 4.90 Å². The van der Waals surface area contributed by atoms with Crippen LogP contribution in [0.15, 0.2) is 0 Å². The zero-order valence-electron chi connectivity index (χ0n) is 13.7. The van der Waals surface area contributed by atoms with Gasteiger partial charge in [0.15, 0.2) is 0 Å². The van der Waals surface area contributed by atoms with Crippen LogP contribution >= 0.6 is 0 Å². The van der Waals surface area contributed by atoms with Crippen LogP contribution in [0.5, 0.6) is 0 Å². The lowest BCUT2D eigenvalue weighted by atomic mass is 10.1. The largest absolute Gasteiger partial charge is 0.462 e. The first kappa shape index (κ1) is 17.8. The molecule has 1 saturated heterocycles. The molecule has 1 aliphatic heterocycles. The van der Waals surface area contributed by atoms with E-state index in [4.69, 9.17) is 14.2 Å². The van der Waals surface area contributed by atoms with Crippen molar-refractivity contribution in [2.45, 2.75) is 65.2 Å². The Kier molecular flexibility index (Phi) is 6.01. The third-order valence-electron chi connectivity index (χ3n) is 3.09. The summed E-state index contributed by atoms with van der Waals surface area (Å²) in [7, 11) is 0. The Morgan fingerprint density at radius 1 is 1.24 bits per heavy atom. The summed E-state index contributed by atoms with van der Waals surface area (Å²) in [6.45, 7) is 10.1. The molecule has 0 spiro atoms. The minimum atomic E-state index is -1.34. The van der Waals surface area contributed by atoms with E-state index in [0.29, 0.717) is 32.6 Å². The van der Waals surface area contributed by atoms with Crippen molar-refractivity contribution in [1.82, 2.24) is 4.90 Å². The maximum Gasteiger partial charge on any atom is 0.413 e. The van der Waals surface area contributed by atoms with Crippen LogP contribution in [0.2, 0.25) is 0 Å². The molecule has 0 radical (unpaired) electrons. The van der Waals surface area contributed by atoms with Gasteiger partial charge in [0, 0.05) is 19.6 Å². The Morgan fingerprint density at radius 2 is 1.90 bits per heavy atom. The molecule has 6 nitrogen and oxygen atoms in total. The van der Waals surface area contributed by atoms with E-state index in [1.807, 2.05) is 6.92 Å². The molecule has 1 aliphatic rings. The van der Waals surface area contributed by atoms with Crippen LogP contribution in [-0.4, -0.2) is 48.0 Å². The van der Waals surface area contributed by atoms with Crippen molar-refractivity contribution < 1.29 is 23.8 Å². The Bertz CT molecular complexity index is 377. The predicted molar refractivity (Wildman–Crippen MR) is 77.8 cm³/mol. The van der Waals surface area contributed by atoms with E-state index in [0.717, 1.165) is 6.42 Å². The zero-order valence-corrected chi connectivity index (χ0v) is 13.7. The molecule has 6 heteroatoms. The fraction of sp³-hybridized carbons (Fsp3) is 0.867. The van der Waals surface area contributed by atoms with Crippen molar-refractivity contribution in [2.75, 3.05) is 19.8 Å². The smallest absolute Gasteiger partial charge is 0.413 e. The zero-order chi connectivity index (χ0) is 16.1. The second-order valence-electron chi connectivity index (χ2n) is 6.09. The molecule has 0 aromatic rings. The maximum atomic E-state index is 12.4. The summed E-state index contributed by atoms with van der Waals surface area (Å²) in [5, 5.41) is 0. The SMILES string of the molecule is CCCOC(=O)[C@]1(OCC)CCCN1C(=O)OC(C)(C)C. The Balaban J connectivity index is 2.94. The van der Waals surface area contributed by atoms with Crippen molar-refractivity contribution in [3.8, 4) is 0 Å². The van der Waals surface area contributed by atoms with Crippen LogP contribution in [0, 0.1) is 0 Å². The van der Waals surface area contributed by atoms with E-state index in [2.05, 4.69) is 0 Å². The Labute approximate surface area is 126 Å². The van der Waals surface area contributed by atoms with Gasteiger partial charge in [-0.15, -0.1) is 0 Å². The van der Waals surface area contributed by atoms with E-state index in [1.165, 1.54) is 4.90 Å². The van der Waals surface area contributed by atoms with Crippen LogP contribution in [0.25, 0.3) is 0 Å². The first-order chi connectivity index (χ1) is 9.77. The third kappa shape index (κ3) is 4.33. The molecule has 0 aliphatic carbocycles. The first-order valence-corrected chi connectivity index (χ1v) is 7.58. The molecule has 1 atom stereocenters. The van der Waals surface area contributed by atoms with Crippen molar-refractivity contribution in [3.05, 3.63) is 0 Å². The van der Waals surface area contributed by atoms with E-state index in [1.54, 1.807) is 27.7 Å². The fourth-order valence-corrected chi connectivity index (χ4v) is 2.32. The molecular formula is C15H27NO5. The van der Waals surface area contributed by atoms with Gasteiger partial charge in [-0.2, -0.15) is 0 Å². The molecule has 0 aromatic carbocycles. The van der Waals surface area contributed by atoms with E-state index in [9.17, 15) is 9.59 Å². The summed E-state index contributed by atoms with van der Waals surface area (Å²) in [5.74, 6) is -0.505. The number of ether oxygens (including phenoxy) is 3. The predicted octanol–water partition coefficient (Wildman–Crippen LogP) is 2.70. The van der Waals surface area contributed by atoms with Crippen molar-refractivity contribution in [2.24, 2.45) is 0 Å². The molecular weight excluding hydrogens is 274 g/mol. The maximum absolute atomic E-state index is 12.4. The first-order valence-electron chi connectivity index (χ1n) is 7.58. The summed E-state index contributed by atoms with van der Waals surface area (Å²) in [6, 6.07) is 0. The van der Waals surface area contributed by atoms with Gasteiger partial charge in [0.25, 0.3) is 0 Å². The molecule has 0 aromatic heterocycles. The summed E-state index contributed by atoms with van der Waals surface area (Å²) in [5.41, 5.74) is -1.96.